The summed E-state index contributed by atoms with van der Waals surface area (Å²) in [6.45, 7) is 1.17. The van der Waals surface area contributed by atoms with Crippen molar-refractivity contribution in [1.29, 1.82) is 0 Å². The zero-order chi connectivity index (χ0) is 19.8. The largest absolute Gasteiger partial charge is 0.382 e. The van der Waals surface area contributed by atoms with Crippen LogP contribution in [0.25, 0.3) is 0 Å². The van der Waals surface area contributed by atoms with Crippen LogP contribution in [0.15, 0.2) is 40.2 Å². The van der Waals surface area contributed by atoms with Gasteiger partial charge in [-0.2, -0.15) is 4.98 Å². The van der Waals surface area contributed by atoms with E-state index < -0.39 is 29.0 Å². The number of nitrogens with zero attached hydrogens (tertiary/aromatic N) is 5. The normalized spacial score (nSPS) is 14.8. The molecule has 3 rings (SSSR count). The molecule has 6 nitrogen and oxygen atoms in total. The van der Waals surface area contributed by atoms with Gasteiger partial charge in [0.05, 0.1) is 18.4 Å². The summed E-state index contributed by atoms with van der Waals surface area (Å²) >= 11 is 6.29. The van der Waals surface area contributed by atoms with Gasteiger partial charge in [0.15, 0.2) is 10.6 Å². The van der Waals surface area contributed by atoms with Crippen LogP contribution in [0, 0.1) is 17.5 Å². The van der Waals surface area contributed by atoms with Crippen LogP contribution in [-0.2, 0) is 12.1 Å². The van der Waals surface area contributed by atoms with E-state index in [1.165, 1.54) is 11.6 Å². The van der Waals surface area contributed by atoms with E-state index in [9.17, 15) is 18.3 Å². The van der Waals surface area contributed by atoms with Crippen molar-refractivity contribution >= 4 is 31.9 Å². The number of hydrogen-bond acceptors (Lipinski definition) is 5. The maximum atomic E-state index is 14.5. The highest BCUT2D eigenvalue weighted by Crippen LogP contribution is 2.40. The van der Waals surface area contributed by atoms with Crippen molar-refractivity contribution in [3.8, 4) is 0 Å². The fourth-order valence-corrected chi connectivity index (χ4v) is 3.76. The molecule has 0 radical (unpaired) electrons. The first-order valence-corrected chi connectivity index (χ1v) is 9.20. The quantitative estimate of drug-likeness (QED) is 0.571. The lowest BCUT2D eigenvalue weighted by Gasteiger charge is -2.34. The number of benzene rings is 1. The Morgan fingerprint density at radius 3 is 2.56 bits per heavy atom. The zero-order valence-corrected chi connectivity index (χ0v) is 16.9. The van der Waals surface area contributed by atoms with Crippen molar-refractivity contribution in [3.63, 3.8) is 0 Å². The summed E-state index contributed by atoms with van der Waals surface area (Å²) in [5, 5.41) is 15.5. The van der Waals surface area contributed by atoms with E-state index in [-0.39, 0.29) is 27.3 Å². The molecule has 0 fully saturated rings. The minimum atomic E-state index is -2.03. The van der Waals surface area contributed by atoms with Gasteiger partial charge in [-0.05, 0) is 37.9 Å². The predicted octanol–water partition coefficient (Wildman–Crippen LogP) is 3.70. The van der Waals surface area contributed by atoms with E-state index in [2.05, 4.69) is 51.9 Å². The molecule has 2 heterocycles. The van der Waals surface area contributed by atoms with Crippen LogP contribution < -0.4 is 0 Å². The molecule has 27 heavy (non-hydrogen) atoms. The molecule has 142 valence electrons. The van der Waals surface area contributed by atoms with E-state index in [4.69, 9.17) is 0 Å². The lowest BCUT2D eigenvalue weighted by Crippen LogP contribution is -2.39. The maximum Gasteiger partial charge on any atom is 0.218 e. The van der Waals surface area contributed by atoms with Gasteiger partial charge in [0, 0.05) is 17.5 Å². The van der Waals surface area contributed by atoms with Crippen LogP contribution in [0.4, 0.5) is 13.2 Å². The van der Waals surface area contributed by atoms with Gasteiger partial charge in [-0.25, -0.2) is 27.8 Å². The van der Waals surface area contributed by atoms with Gasteiger partial charge < -0.3 is 5.11 Å². The first-order valence-electron chi connectivity index (χ1n) is 7.61. The number of halogens is 5. The van der Waals surface area contributed by atoms with Crippen LogP contribution in [0.1, 0.15) is 24.1 Å². The SMILES string of the molecule is CC(c1ncncc1F)C(O)(Cn1nc(Br)nc1Br)c1ccc(F)cc1F. The number of aromatic nitrogens is 5. The highest BCUT2D eigenvalue weighted by atomic mass is 79.9. The molecule has 2 unspecified atom stereocenters. The smallest absolute Gasteiger partial charge is 0.218 e. The first-order chi connectivity index (χ1) is 12.7. The van der Waals surface area contributed by atoms with E-state index in [1.807, 2.05) is 0 Å². The van der Waals surface area contributed by atoms with Gasteiger partial charge >= 0.3 is 0 Å². The first kappa shape index (κ1) is 19.9. The Kier molecular flexibility index (Phi) is 5.63. The Bertz CT molecular complexity index is 986. The standard InChI is InChI=1S/C16H12Br2F3N5O/c1-8(13-12(21)5-22-7-23-13)16(27,6-26-15(18)24-14(17)25-26)10-3-2-9(19)4-11(10)20/h2-5,7-8,27H,6H2,1H3. The van der Waals surface area contributed by atoms with Crippen molar-refractivity contribution < 1.29 is 18.3 Å². The summed E-state index contributed by atoms with van der Waals surface area (Å²) in [5.41, 5.74) is -2.37. The minimum Gasteiger partial charge on any atom is -0.382 e. The topological polar surface area (TPSA) is 76.7 Å². The Labute approximate surface area is 168 Å². The molecule has 1 N–H and O–H groups in total. The van der Waals surface area contributed by atoms with Crippen molar-refractivity contribution in [3.05, 3.63) is 68.9 Å². The summed E-state index contributed by atoms with van der Waals surface area (Å²) in [5.74, 6) is -3.57. The third-order valence-corrected chi connectivity index (χ3v) is 5.13. The molecule has 0 bridgehead atoms. The van der Waals surface area contributed by atoms with Gasteiger partial charge in [-0.15, -0.1) is 5.10 Å². The van der Waals surface area contributed by atoms with Crippen LogP contribution in [0.2, 0.25) is 0 Å². The Morgan fingerprint density at radius 1 is 1.22 bits per heavy atom. The molecule has 1 aromatic carbocycles. The Morgan fingerprint density at radius 2 is 1.96 bits per heavy atom. The van der Waals surface area contributed by atoms with Crippen molar-refractivity contribution in [2.75, 3.05) is 0 Å². The lowest BCUT2D eigenvalue weighted by atomic mass is 9.79. The molecule has 0 aliphatic carbocycles. The molecule has 0 saturated heterocycles. The maximum absolute atomic E-state index is 14.5. The van der Waals surface area contributed by atoms with Gasteiger partial charge in [0.2, 0.25) is 4.73 Å². The number of hydrogen-bond donors (Lipinski definition) is 1. The monoisotopic (exact) mass is 505 g/mol. The third-order valence-electron chi connectivity index (χ3n) is 4.21. The number of rotatable bonds is 5. The van der Waals surface area contributed by atoms with Crippen LogP contribution in [-0.4, -0.2) is 29.8 Å². The fraction of sp³-hybridized carbons (Fsp3) is 0.250. The van der Waals surface area contributed by atoms with Crippen LogP contribution >= 0.6 is 31.9 Å². The highest BCUT2D eigenvalue weighted by molar-refractivity contribution is 9.11. The van der Waals surface area contributed by atoms with Gasteiger partial charge in [0.1, 0.15) is 23.6 Å². The molecular weight excluding hydrogens is 495 g/mol. The molecule has 2 aromatic heterocycles. The van der Waals surface area contributed by atoms with Crippen LogP contribution in [0.5, 0.6) is 0 Å². The van der Waals surface area contributed by atoms with E-state index in [0.29, 0.717) is 6.07 Å². The highest BCUT2D eigenvalue weighted by Gasteiger charge is 2.42. The summed E-state index contributed by atoms with van der Waals surface area (Å²) in [6, 6.07) is 2.77. The van der Waals surface area contributed by atoms with E-state index in [0.717, 1.165) is 24.7 Å². The number of aliphatic hydroxyl groups is 1. The summed E-state index contributed by atoms with van der Waals surface area (Å²) < 4.78 is 43.9. The second-order valence-electron chi connectivity index (χ2n) is 5.83. The molecule has 11 heteroatoms. The molecule has 0 spiro atoms. The van der Waals surface area contributed by atoms with Crippen molar-refractivity contribution in [2.24, 2.45) is 0 Å². The molecule has 3 aromatic rings. The third kappa shape index (κ3) is 3.90. The van der Waals surface area contributed by atoms with Crippen molar-refractivity contribution in [2.45, 2.75) is 25.0 Å². The molecule has 0 amide bonds. The molecule has 2 atom stereocenters. The van der Waals surface area contributed by atoms with Gasteiger partial charge in [0.25, 0.3) is 0 Å². The second-order valence-corrected chi connectivity index (χ2v) is 7.25. The Hall–Kier alpha value is -1.85. The predicted molar refractivity (Wildman–Crippen MR) is 96.1 cm³/mol. The minimum absolute atomic E-state index is 0.119. The molecule has 0 saturated carbocycles. The average Bonchev–Trinajstić information content (AvgIpc) is 2.91. The zero-order valence-electron chi connectivity index (χ0n) is 13.7. The molecule has 0 aliphatic heterocycles. The average molecular weight is 507 g/mol. The van der Waals surface area contributed by atoms with Gasteiger partial charge in [-0.3, -0.25) is 0 Å². The Balaban J connectivity index is 2.16. The summed E-state index contributed by atoms with van der Waals surface area (Å²) in [4.78, 5) is 11.5. The van der Waals surface area contributed by atoms with Crippen LogP contribution in [0.3, 0.4) is 0 Å². The lowest BCUT2D eigenvalue weighted by molar-refractivity contribution is -0.0140. The second kappa shape index (κ2) is 7.64. The fourth-order valence-electron chi connectivity index (χ4n) is 2.79. The molecule has 0 aliphatic rings. The molecular formula is C16H12Br2F3N5O. The summed E-state index contributed by atoms with van der Waals surface area (Å²) in [7, 11) is 0. The van der Waals surface area contributed by atoms with Crippen molar-refractivity contribution in [1.82, 2.24) is 24.7 Å². The summed E-state index contributed by atoms with van der Waals surface area (Å²) in [6.07, 6.45) is 2.07. The van der Waals surface area contributed by atoms with E-state index >= 15 is 0 Å². The van der Waals surface area contributed by atoms with Gasteiger partial charge in [-0.1, -0.05) is 13.0 Å². The van der Waals surface area contributed by atoms with E-state index in [1.54, 1.807) is 0 Å².